The first-order chi connectivity index (χ1) is 23.3. The lowest BCUT2D eigenvalue weighted by atomic mass is 10.0. The highest BCUT2D eigenvalue weighted by molar-refractivity contribution is 6.10. The van der Waals surface area contributed by atoms with Gasteiger partial charge < -0.3 is 25.4 Å². The van der Waals surface area contributed by atoms with Gasteiger partial charge >= 0.3 is 12.1 Å². The van der Waals surface area contributed by atoms with Crippen LogP contribution in [0.2, 0.25) is 0 Å². The van der Waals surface area contributed by atoms with Crippen molar-refractivity contribution in [3.05, 3.63) is 71.8 Å². The number of nitrogens with zero attached hydrogens (tertiary/aromatic N) is 4. The summed E-state index contributed by atoms with van der Waals surface area (Å²) in [6.07, 6.45) is 6.78. The number of aromatic nitrogens is 3. The molecule has 1 saturated heterocycles. The van der Waals surface area contributed by atoms with Crippen LogP contribution in [0.15, 0.2) is 60.7 Å². The molecule has 0 radical (unpaired) electrons. The van der Waals surface area contributed by atoms with Crippen LogP contribution in [0.5, 0.6) is 0 Å². The highest BCUT2D eigenvalue weighted by Crippen LogP contribution is 2.45. The summed E-state index contributed by atoms with van der Waals surface area (Å²) in [5.41, 5.74) is -0.236. The first-order valence-corrected chi connectivity index (χ1v) is 16.8. The number of amides is 3. The molecule has 3 amide bonds. The first kappa shape index (κ1) is 33.8. The normalized spacial score (nSPS) is 26.8. The molecule has 13 heteroatoms. The number of fused-ring (bicyclic) bond motifs is 3. The maximum atomic E-state index is 14.3. The Labute approximate surface area is 284 Å². The zero-order valence-electron chi connectivity index (χ0n) is 27.9. The van der Waals surface area contributed by atoms with Gasteiger partial charge in [0, 0.05) is 30.0 Å². The van der Waals surface area contributed by atoms with Gasteiger partial charge in [-0.1, -0.05) is 55.3 Å². The van der Waals surface area contributed by atoms with Crippen molar-refractivity contribution in [2.24, 2.45) is 5.92 Å². The summed E-state index contributed by atoms with van der Waals surface area (Å²) in [6, 6.07) is 11.4. The van der Waals surface area contributed by atoms with Crippen molar-refractivity contribution >= 4 is 40.7 Å². The minimum atomic E-state index is -1.45. The number of carboxylic acids is 1. The number of carboxylic acid groups (broad SMARTS) is 1. The van der Waals surface area contributed by atoms with Gasteiger partial charge in [-0.3, -0.25) is 14.4 Å². The molecule has 3 N–H and O–H groups in total. The topological polar surface area (TPSA) is 173 Å². The van der Waals surface area contributed by atoms with Gasteiger partial charge in [0.15, 0.2) is 5.78 Å². The summed E-state index contributed by atoms with van der Waals surface area (Å²) in [5, 5.41) is 24.9. The van der Waals surface area contributed by atoms with E-state index in [1.54, 1.807) is 63.2 Å². The van der Waals surface area contributed by atoms with E-state index in [4.69, 9.17) is 4.74 Å². The van der Waals surface area contributed by atoms with Gasteiger partial charge in [-0.15, -0.1) is 0 Å². The third kappa shape index (κ3) is 7.35. The van der Waals surface area contributed by atoms with Gasteiger partial charge in [-0.05, 0) is 64.7 Å². The monoisotopic (exact) mass is 670 g/mol. The van der Waals surface area contributed by atoms with Crippen molar-refractivity contribution < 1.29 is 33.8 Å². The summed E-state index contributed by atoms with van der Waals surface area (Å²) in [4.78, 5) is 69.5. The van der Waals surface area contributed by atoms with E-state index in [0.717, 1.165) is 19.3 Å². The molecule has 0 unspecified atom stereocenters. The molecule has 1 saturated carbocycles. The lowest BCUT2D eigenvalue weighted by molar-refractivity contribution is -0.145. The maximum Gasteiger partial charge on any atom is 0.408 e. The minimum Gasteiger partial charge on any atom is -0.479 e. The van der Waals surface area contributed by atoms with Gasteiger partial charge in [0.2, 0.25) is 11.8 Å². The zero-order valence-corrected chi connectivity index (χ0v) is 27.9. The molecule has 3 heterocycles. The molecule has 3 aliphatic rings. The van der Waals surface area contributed by atoms with Crippen molar-refractivity contribution in [2.45, 2.75) is 95.0 Å². The summed E-state index contributed by atoms with van der Waals surface area (Å²) in [5.74, 6) is -2.70. The van der Waals surface area contributed by atoms with Gasteiger partial charge in [0.1, 0.15) is 34.3 Å². The second-order valence-electron chi connectivity index (χ2n) is 14.2. The predicted octanol–water partition coefficient (Wildman–Crippen LogP) is 4.18. The molecule has 49 heavy (non-hydrogen) atoms. The highest BCUT2D eigenvalue weighted by Gasteiger charge is 2.61. The van der Waals surface area contributed by atoms with Crippen molar-refractivity contribution in [1.82, 2.24) is 30.5 Å². The van der Waals surface area contributed by atoms with E-state index in [1.165, 1.54) is 9.70 Å². The van der Waals surface area contributed by atoms with Crippen LogP contribution in [0, 0.1) is 5.92 Å². The third-order valence-electron chi connectivity index (χ3n) is 9.35. The molecule has 6 rings (SSSR count). The van der Waals surface area contributed by atoms with Crippen LogP contribution in [0.3, 0.4) is 0 Å². The Balaban J connectivity index is 1.30. The molecular weight excluding hydrogens is 628 g/mol. The number of aliphatic carboxylic acids is 1. The number of ketones is 1. The SMILES string of the molecule is CC(C)(C)OC(=O)N[C@H]1CCCCC/C=C\[C@H]2C[C@@]2(C(=O)O)NC(=O)[C@@H]2C[C@H](n3nc4ccc(C(=O)c5ccccc5)cc4n3)CN2C1=O. The van der Waals surface area contributed by atoms with E-state index in [-0.39, 0.29) is 31.1 Å². The lowest BCUT2D eigenvalue weighted by Crippen LogP contribution is -2.56. The average molecular weight is 671 g/mol. The first-order valence-electron chi connectivity index (χ1n) is 16.8. The molecule has 2 aromatic carbocycles. The second-order valence-corrected chi connectivity index (χ2v) is 14.2. The average Bonchev–Trinajstić information content (AvgIpc) is 3.37. The summed E-state index contributed by atoms with van der Waals surface area (Å²) < 4.78 is 5.46. The Hall–Kier alpha value is -5.07. The van der Waals surface area contributed by atoms with Crippen LogP contribution in [0.4, 0.5) is 4.79 Å². The van der Waals surface area contributed by atoms with Gasteiger partial charge in [0.05, 0.1) is 6.04 Å². The van der Waals surface area contributed by atoms with Crippen molar-refractivity contribution in [3.63, 3.8) is 0 Å². The lowest BCUT2D eigenvalue weighted by Gasteiger charge is -2.30. The van der Waals surface area contributed by atoms with Crippen molar-refractivity contribution in [3.8, 4) is 0 Å². The Morgan fingerprint density at radius 1 is 1.00 bits per heavy atom. The predicted molar refractivity (Wildman–Crippen MR) is 179 cm³/mol. The number of rotatable bonds is 5. The number of nitrogens with one attached hydrogen (secondary N) is 2. The number of benzene rings is 2. The van der Waals surface area contributed by atoms with E-state index in [1.807, 2.05) is 18.2 Å². The van der Waals surface area contributed by atoms with E-state index in [9.17, 15) is 29.1 Å². The number of allylic oxidation sites excluding steroid dienone is 1. The highest BCUT2D eigenvalue weighted by atomic mass is 16.6. The van der Waals surface area contributed by atoms with E-state index >= 15 is 0 Å². The third-order valence-corrected chi connectivity index (χ3v) is 9.35. The largest absolute Gasteiger partial charge is 0.479 e. The van der Waals surface area contributed by atoms with Gasteiger partial charge in [-0.25, -0.2) is 9.59 Å². The number of carbonyl (C=O) groups is 5. The fraction of sp³-hybridized carbons (Fsp3) is 0.472. The molecule has 2 aliphatic heterocycles. The molecule has 3 aromatic rings. The van der Waals surface area contributed by atoms with E-state index in [2.05, 4.69) is 20.8 Å². The van der Waals surface area contributed by atoms with Gasteiger partial charge in [-0.2, -0.15) is 15.0 Å². The van der Waals surface area contributed by atoms with Crippen LogP contribution >= 0.6 is 0 Å². The number of hydrogen-bond donors (Lipinski definition) is 3. The van der Waals surface area contributed by atoms with Crippen LogP contribution in [0.25, 0.3) is 11.0 Å². The fourth-order valence-electron chi connectivity index (χ4n) is 6.69. The van der Waals surface area contributed by atoms with Crippen LogP contribution in [-0.4, -0.2) is 84.4 Å². The van der Waals surface area contributed by atoms with E-state index in [0.29, 0.717) is 35.0 Å². The van der Waals surface area contributed by atoms with Crippen LogP contribution < -0.4 is 10.6 Å². The zero-order chi connectivity index (χ0) is 34.9. The summed E-state index contributed by atoms with van der Waals surface area (Å²) in [6.45, 7) is 5.24. The molecular formula is C36H42N6O7. The number of hydrogen-bond acceptors (Lipinski definition) is 8. The Morgan fingerprint density at radius 2 is 1.76 bits per heavy atom. The summed E-state index contributed by atoms with van der Waals surface area (Å²) >= 11 is 0. The number of ether oxygens (including phenoxy) is 1. The quantitative estimate of drug-likeness (QED) is 0.266. The molecule has 13 nitrogen and oxygen atoms in total. The van der Waals surface area contributed by atoms with Crippen molar-refractivity contribution in [1.29, 1.82) is 0 Å². The number of carbonyl (C=O) groups excluding carboxylic acids is 4. The molecule has 0 bridgehead atoms. The molecule has 2 fully saturated rings. The van der Waals surface area contributed by atoms with E-state index < -0.39 is 53.1 Å². The molecule has 1 aromatic heterocycles. The minimum absolute atomic E-state index is 0.0453. The van der Waals surface area contributed by atoms with Crippen LogP contribution in [0.1, 0.15) is 87.7 Å². The molecule has 258 valence electrons. The van der Waals surface area contributed by atoms with Crippen LogP contribution in [-0.2, 0) is 19.1 Å². The molecule has 1 aliphatic carbocycles. The fourth-order valence-corrected chi connectivity index (χ4v) is 6.69. The Kier molecular flexibility index (Phi) is 9.28. The number of alkyl carbamates (subject to hydrolysis) is 1. The smallest absolute Gasteiger partial charge is 0.408 e. The molecule has 5 atom stereocenters. The van der Waals surface area contributed by atoms with Crippen molar-refractivity contribution in [2.75, 3.05) is 6.54 Å². The van der Waals surface area contributed by atoms with Gasteiger partial charge in [0.25, 0.3) is 0 Å². The maximum absolute atomic E-state index is 14.3. The molecule has 0 spiro atoms. The second kappa shape index (κ2) is 13.4. The Bertz CT molecular complexity index is 1800. The standard InChI is InChI=1S/C36H42N6O7/c1-35(2,3)49-34(48)37-27-15-11-6-4-5-10-14-24-20-36(24,33(46)47)38-31(44)29-19-25(21-41(29)32(27)45)42-39-26-17-16-23(18-28(26)40-42)30(43)22-12-8-7-9-13-22/h7-10,12-14,16-18,24-25,27,29H,4-6,11,15,19-21H2,1-3H3,(H,37,48)(H,38,44)(H,46,47)/b14-10-/t24-,25-,27-,29-,36+/m0/s1. The summed E-state index contributed by atoms with van der Waals surface area (Å²) in [7, 11) is 0. The Morgan fingerprint density at radius 3 is 2.49 bits per heavy atom.